The zero-order chi connectivity index (χ0) is 20.3. The van der Waals surface area contributed by atoms with Gasteiger partial charge >= 0.3 is 0 Å². The van der Waals surface area contributed by atoms with Crippen LogP contribution in [0.4, 0.5) is 0 Å². The van der Waals surface area contributed by atoms with Crippen molar-refractivity contribution in [1.82, 2.24) is 14.9 Å². The summed E-state index contributed by atoms with van der Waals surface area (Å²) < 4.78 is 27.4. The maximum Gasteiger partial charge on any atom is 0.243 e. The molecule has 2 aliphatic rings. The van der Waals surface area contributed by atoms with E-state index in [0.29, 0.717) is 43.9 Å². The number of benzene rings is 2. The van der Waals surface area contributed by atoms with Crippen LogP contribution in [0.25, 0.3) is 0 Å². The Bertz CT molecular complexity index is 987. The summed E-state index contributed by atoms with van der Waals surface area (Å²) in [5.41, 5.74) is 0.698. The molecule has 0 bridgehead atoms. The van der Waals surface area contributed by atoms with Crippen LogP contribution < -0.4 is 10.6 Å². The number of hydrogen-bond donors (Lipinski definition) is 2. The minimum Gasteiger partial charge on any atom is -0.368 e. The Morgan fingerprint density at radius 2 is 1.76 bits per heavy atom. The minimum absolute atomic E-state index is 0.317. The van der Waals surface area contributed by atoms with Crippen molar-refractivity contribution < 1.29 is 8.42 Å². The number of halogens is 1. The van der Waals surface area contributed by atoms with Crippen LogP contribution >= 0.6 is 11.6 Å². The number of amidine groups is 1. The molecule has 1 fully saturated rings. The normalized spacial score (nSPS) is 19.7. The number of nitrogens with one attached hydrogen (secondary N) is 2. The molecule has 0 aliphatic carbocycles. The summed E-state index contributed by atoms with van der Waals surface area (Å²) in [6.07, 6.45) is 1.35. The molecule has 1 saturated heterocycles. The quantitative estimate of drug-likeness (QED) is 0.779. The monoisotopic (exact) mass is 432 g/mol. The van der Waals surface area contributed by atoms with E-state index >= 15 is 0 Å². The largest absolute Gasteiger partial charge is 0.368 e. The van der Waals surface area contributed by atoms with Gasteiger partial charge in [-0.2, -0.15) is 4.31 Å². The molecule has 8 heteroatoms. The zero-order valence-electron chi connectivity index (χ0n) is 16.1. The molecule has 1 spiro atoms. The molecule has 2 heterocycles. The van der Waals surface area contributed by atoms with Gasteiger partial charge in [-0.15, -0.1) is 0 Å². The Balaban J connectivity index is 1.46. The van der Waals surface area contributed by atoms with Crippen molar-refractivity contribution in [2.75, 3.05) is 26.2 Å². The van der Waals surface area contributed by atoms with Crippen LogP contribution in [0, 0.1) is 0 Å². The van der Waals surface area contributed by atoms with Gasteiger partial charge < -0.3 is 10.6 Å². The molecule has 2 aliphatic heterocycles. The summed E-state index contributed by atoms with van der Waals surface area (Å²) in [6.45, 7) is 3.00. The second kappa shape index (κ2) is 8.44. The van der Waals surface area contributed by atoms with Crippen molar-refractivity contribution in [2.45, 2.75) is 29.8 Å². The highest BCUT2D eigenvalue weighted by Crippen LogP contribution is 2.29. The summed E-state index contributed by atoms with van der Waals surface area (Å²) in [5, 5.41) is 7.78. The third-order valence-corrected chi connectivity index (χ3v) is 7.94. The maximum absolute atomic E-state index is 12.9. The predicted octanol–water partition coefficient (Wildman–Crippen LogP) is 2.65. The molecular weight excluding hydrogens is 408 g/mol. The second-order valence-electron chi connectivity index (χ2n) is 7.40. The minimum atomic E-state index is -3.47. The van der Waals surface area contributed by atoms with Gasteiger partial charge in [0.25, 0.3) is 0 Å². The number of sulfonamides is 1. The SMILES string of the molecule is O=S(=O)(c1ccccc1)N1CCC2(CC1)NCCN=C2NCc1ccccc1Cl. The van der Waals surface area contributed by atoms with Gasteiger partial charge in [0.1, 0.15) is 5.84 Å². The summed E-state index contributed by atoms with van der Waals surface area (Å²) in [5.74, 6) is 0.903. The average Bonchev–Trinajstić information content (AvgIpc) is 2.75. The van der Waals surface area contributed by atoms with Gasteiger partial charge in [0, 0.05) is 31.2 Å². The van der Waals surface area contributed by atoms with Crippen LogP contribution in [0.1, 0.15) is 18.4 Å². The second-order valence-corrected chi connectivity index (χ2v) is 9.75. The van der Waals surface area contributed by atoms with E-state index in [1.165, 1.54) is 0 Å². The molecule has 0 radical (unpaired) electrons. The molecule has 6 nitrogen and oxygen atoms in total. The van der Waals surface area contributed by atoms with Crippen molar-refractivity contribution >= 4 is 27.5 Å². The molecule has 0 saturated carbocycles. The smallest absolute Gasteiger partial charge is 0.243 e. The van der Waals surface area contributed by atoms with E-state index in [2.05, 4.69) is 10.6 Å². The number of aliphatic imine (C=N–C) groups is 1. The first-order chi connectivity index (χ1) is 14.0. The molecule has 2 aromatic carbocycles. The highest BCUT2D eigenvalue weighted by molar-refractivity contribution is 7.89. The van der Waals surface area contributed by atoms with Crippen LogP contribution in [0.3, 0.4) is 0 Å². The van der Waals surface area contributed by atoms with Gasteiger partial charge in [-0.3, -0.25) is 4.99 Å². The summed E-state index contributed by atoms with van der Waals surface area (Å²) >= 11 is 6.28. The van der Waals surface area contributed by atoms with Crippen molar-refractivity contribution in [2.24, 2.45) is 4.99 Å². The molecule has 0 amide bonds. The van der Waals surface area contributed by atoms with E-state index in [9.17, 15) is 8.42 Å². The molecule has 2 N–H and O–H groups in total. The Morgan fingerprint density at radius 1 is 1.07 bits per heavy atom. The predicted molar refractivity (Wildman–Crippen MR) is 116 cm³/mol. The lowest BCUT2D eigenvalue weighted by Gasteiger charge is -2.44. The van der Waals surface area contributed by atoms with Crippen LogP contribution in [-0.4, -0.2) is 50.3 Å². The number of piperidine rings is 1. The third kappa shape index (κ3) is 4.19. The lowest BCUT2D eigenvalue weighted by Crippen LogP contribution is -2.64. The van der Waals surface area contributed by atoms with Gasteiger partial charge in [-0.1, -0.05) is 48.0 Å². The Hall–Kier alpha value is -1.93. The average molecular weight is 433 g/mol. The molecule has 0 aromatic heterocycles. The summed E-state index contributed by atoms with van der Waals surface area (Å²) in [6, 6.07) is 16.4. The molecule has 0 atom stereocenters. The standard InChI is InChI=1S/C21H25ClN4O2S/c22-19-9-5-4-6-17(19)16-24-20-21(25-13-12-23-20)10-14-26(15-11-21)29(27,28)18-7-2-1-3-8-18/h1-9,25H,10-16H2,(H,23,24). The molecule has 154 valence electrons. The zero-order valence-corrected chi connectivity index (χ0v) is 17.7. The van der Waals surface area contributed by atoms with E-state index in [1.54, 1.807) is 28.6 Å². The van der Waals surface area contributed by atoms with Crippen molar-refractivity contribution in [3.63, 3.8) is 0 Å². The number of nitrogens with zero attached hydrogens (tertiary/aromatic N) is 2. The molecule has 2 aromatic rings. The highest BCUT2D eigenvalue weighted by atomic mass is 35.5. The van der Waals surface area contributed by atoms with E-state index in [4.69, 9.17) is 16.6 Å². The fourth-order valence-electron chi connectivity index (χ4n) is 4.01. The molecule has 0 unspecified atom stereocenters. The summed E-state index contributed by atoms with van der Waals surface area (Å²) in [4.78, 5) is 5.07. The van der Waals surface area contributed by atoms with Crippen molar-refractivity contribution in [1.29, 1.82) is 0 Å². The van der Waals surface area contributed by atoms with Gasteiger partial charge in [0.05, 0.1) is 17.0 Å². The van der Waals surface area contributed by atoms with Crippen molar-refractivity contribution in [3.05, 3.63) is 65.2 Å². The summed E-state index contributed by atoms with van der Waals surface area (Å²) in [7, 11) is -3.47. The number of rotatable bonds is 4. The van der Waals surface area contributed by atoms with E-state index in [0.717, 1.165) is 23.0 Å². The lowest BCUT2D eigenvalue weighted by molar-refractivity contribution is 0.241. The van der Waals surface area contributed by atoms with Crippen LogP contribution in [0.2, 0.25) is 5.02 Å². The third-order valence-electron chi connectivity index (χ3n) is 5.66. The van der Waals surface area contributed by atoms with Gasteiger partial charge in [0.2, 0.25) is 10.0 Å². The fourth-order valence-corrected chi connectivity index (χ4v) is 5.67. The maximum atomic E-state index is 12.9. The van der Waals surface area contributed by atoms with E-state index < -0.39 is 10.0 Å². The van der Waals surface area contributed by atoms with E-state index in [-0.39, 0.29) is 5.54 Å². The molecule has 4 rings (SSSR count). The molecule has 29 heavy (non-hydrogen) atoms. The Morgan fingerprint density at radius 3 is 2.48 bits per heavy atom. The molecular formula is C21H25ClN4O2S. The van der Waals surface area contributed by atoms with Gasteiger partial charge in [0.15, 0.2) is 0 Å². The van der Waals surface area contributed by atoms with E-state index in [1.807, 2.05) is 30.3 Å². The highest BCUT2D eigenvalue weighted by Gasteiger charge is 2.43. The van der Waals surface area contributed by atoms with Crippen molar-refractivity contribution in [3.8, 4) is 0 Å². The first-order valence-corrected chi connectivity index (χ1v) is 11.7. The Labute approximate surface area is 177 Å². The van der Waals surface area contributed by atoms with Crippen LogP contribution in [-0.2, 0) is 16.6 Å². The lowest BCUT2D eigenvalue weighted by atomic mass is 9.85. The fraction of sp³-hybridized carbons (Fsp3) is 0.381. The van der Waals surface area contributed by atoms with Crippen LogP contribution in [0.5, 0.6) is 0 Å². The van der Waals surface area contributed by atoms with Gasteiger partial charge in [-0.05, 0) is 36.6 Å². The topological polar surface area (TPSA) is 73.8 Å². The Kier molecular flexibility index (Phi) is 5.92. The van der Waals surface area contributed by atoms with Gasteiger partial charge in [-0.25, -0.2) is 8.42 Å². The first-order valence-electron chi connectivity index (χ1n) is 9.84. The first kappa shape index (κ1) is 20.3. The number of hydrogen-bond acceptors (Lipinski definition) is 5. The van der Waals surface area contributed by atoms with Crippen LogP contribution in [0.15, 0.2) is 64.5 Å².